The molecule has 240 valence electrons. The van der Waals surface area contributed by atoms with E-state index in [2.05, 4.69) is 34.9 Å². The second-order valence-electron chi connectivity index (χ2n) is 11.5. The highest BCUT2D eigenvalue weighted by Gasteiger charge is 2.33. The molecule has 2 aromatic rings. The number of carbonyl (C=O) groups is 2. The summed E-state index contributed by atoms with van der Waals surface area (Å²) in [5.41, 5.74) is -0.535. The van der Waals surface area contributed by atoms with E-state index in [0.29, 0.717) is 6.61 Å². The summed E-state index contributed by atoms with van der Waals surface area (Å²) in [7, 11) is -4.56. The lowest BCUT2D eigenvalue weighted by Gasteiger charge is -2.26. The van der Waals surface area contributed by atoms with Crippen LogP contribution in [0.4, 0.5) is 10.6 Å². The molecular weight excluding hydrogens is 659 g/mol. The maximum atomic E-state index is 13.9. The molecule has 0 saturated heterocycles. The summed E-state index contributed by atoms with van der Waals surface area (Å²) in [5, 5.41) is 12.1. The molecule has 1 aromatic heterocycles. The average Bonchev–Trinajstić information content (AvgIpc) is 2.86. The Morgan fingerprint density at radius 3 is 2.40 bits per heavy atom. The Hall–Kier alpha value is -2.30. The number of carbonyl (C=O) groups excluding carboxylic acids is 1. The van der Waals surface area contributed by atoms with Crippen LogP contribution in [0.2, 0.25) is 35.7 Å². The van der Waals surface area contributed by atoms with E-state index in [1.165, 1.54) is 25.3 Å². The minimum atomic E-state index is -4.38. The number of benzene rings is 1. The third-order valence-electron chi connectivity index (χ3n) is 5.47. The number of carboxylic acid groups (broad SMARTS) is 1. The van der Waals surface area contributed by atoms with Crippen molar-refractivity contribution in [3.63, 3.8) is 0 Å². The van der Waals surface area contributed by atoms with Crippen LogP contribution in [-0.2, 0) is 24.3 Å². The first-order valence-electron chi connectivity index (χ1n) is 13.1. The number of methoxy groups -OCH3 is 1. The first-order chi connectivity index (χ1) is 19.8. The number of aliphatic carboxylic acids is 1. The number of alkyl carbamates (subject to hydrolysis) is 1. The summed E-state index contributed by atoms with van der Waals surface area (Å²) < 4.78 is 45.1. The van der Waals surface area contributed by atoms with E-state index in [1.54, 1.807) is 27.7 Å². The van der Waals surface area contributed by atoms with Gasteiger partial charge < -0.3 is 24.6 Å². The lowest BCUT2D eigenvalue weighted by molar-refractivity contribution is -0.138. The quantitative estimate of drug-likeness (QED) is 0.108. The van der Waals surface area contributed by atoms with Crippen LogP contribution in [0.15, 0.2) is 28.1 Å². The van der Waals surface area contributed by atoms with Gasteiger partial charge in [-0.1, -0.05) is 48.9 Å². The van der Waals surface area contributed by atoms with Crippen LogP contribution < -0.4 is 14.4 Å². The van der Waals surface area contributed by atoms with Crippen LogP contribution >= 0.6 is 35.0 Å². The number of ether oxygens (including phenoxy) is 3. The Morgan fingerprint density at radius 2 is 1.84 bits per heavy atom. The molecular formula is C26H38Cl2N4O8S2Si. The molecule has 0 radical (unpaired) electrons. The monoisotopic (exact) mass is 696 g/mol. The second kappa shape index (κ2) is 15.1. The third kappa shape index (κ3) is 11.0. The highest BCUT2D eigenvalue weighted by atomic mass is 35.5. The van der Waals surface area contributed by atoms with Crippen molar-refractivity contribution >= 4 is 70.9 Å². The molecule has 17 heteroatoms. The number of rotatable bonds is 14. The van der Waals surface area contributed by atoms with Gasteiger partial charge >= 0.3 is 12.1 Å². The first-order valence-corrected chi connectivity index (χ1v) is 20.0. The number of aryl methyl sites for hydroxylation is 1. The molecule has 0 fully saturated rings. The molecule has 1 amide bonds. The zero-order valence-corrected chi connectivity index (χ0v) is 29.5. The van der Waals surface area contributed by atoms with Gasteiger partial charge in [0.25, 0.3) is 15.9 Å². The molecule has 12 nitrogen and oxygen atoms in total. The number of hydrogen-bond acceptors (Lipinski definition) is 10. The van der Waals surface area contributed by atoms with E-state index in [9.17, 15) is 23.1 Å². The molecule has 0 saturated carbocycles. The second-order valence-corrected chi connectivity index (χ2v) is 20.8. The number of carboxylic acids is 1. The maximum Gasteiger partial charge on any atom is 0.408 e. The highest BCUT2D eigenvalue weighted by Crippen LogP contribution is 2.36. The number of thioether (sulfide) groups is 1. The Balaban J connectivity index is 2.46. The van der Waals surface area contributed by atoms with Crippen LogP contribution in [0.5, 0.6) is 5.88 Å². The summed E-state index contributed by atoms with van der Waals surface area (Å²) >= 11 is 13.4. The fraction of sp³-hybridized carbons (Fsp3) is 0.538. The van der Waals surface area contributed by atoms with Crippen LogP contribution in [0.3, 0.4) is 0 Å². The van der Waals surface area contributed by atoms with Crippen LogP contribution in [0.1, 0.15) is 26.5 Å². The van der Waals surface area contributed by atoms with Crippen LogP contribution in [0.25, 0.3) is 0 Å². The number of halogens is 2. The van der Waals surface area contributed by atoms with Gasteiger partial charge in [-0.3, -0.25) is 0 Å². The molecule has 2 N–H and O–H groups in total. The Labute approximate surface area is 267 Å². The third-order valence-corrected chi connectivity index (χ3v) is 11.0. The van der Waals surface area contributed by atoms with Gasteiger partial charge in [-0.05, 0) is 45.9 Å². The molecule has 1 atom stereocenters. The number of hydrogen-bond donors (Lipinski definition) is 2. The van der Waals surface area contributed by atoms with E-state index < -0.39 is 48.5 Å². The number of sulfonamides is 1. The smallest absolute Gasteiger partial charge is 0.408 e. The highest BCUT2D eigenvalue weighted by molar-refractivity contribution is 7.99. The zero-order valence-electron chi connectivity index (χ0n) is 25.4. The summed E-state index contributed by atoms with van der Waals surface area (Å²) in [6.07, 6.45) is -0.883. The molecule has 0 bridgehead atoms. The van der Waals surface area contributed by atoms with Gasteiger partial charge in [-0.2, -0.15) is 0 Å². The van der Waals surface area contributed by atoms with E-state index in [0.717, 1.165) is 22.1 Å². The van der Waals surface area contributed by atoms with Gasteiger partial charge in [0.05, 0.1) is 22.8 Å². The predicted molar refractivity (Wildman–Crippen MR) is 170 cm³/mol. The fourth-order valence-electron chi connectivity index (χ4n) is 3.27. The molecule has 0 aliphatic rings. The van der Waals surface area contributed by atoms with Gasteiger partial charge in [0.2, 0.25) is 5.82 Å². The van der Waals surface area contributed by atoms with E-state index in [-0.39, 0.29) is 43.1 Å². The normalized spacial score (nSPS) is 12.9. The van der Waals surface area contributed by atoms with Crippen molar-refractivity contribution in [3.05, 3.63) is 33.9 Å². The van der Waals surface area contributed by atoms with Gasteiger partial charge in [-0.15, -0.1) is 11.8 Å². The first kappa shape index (κ1) is 36.9. The predicted octanol–water partition coefficient (Wildman–Crippen LogP) is 5.68. The summed E-state index contributed by atoms with van der Waals surface area (Å²) in [4.78, 5) is 32.6. The summed E-state index contributed by atoms with van der Waals surface area (Å²) in [6, 6.07) is 3.73. The number of amides is 1. The van der Waals surface area contributed by atoms with Crippen LogP contribution in [0, 0.1) is 6.92 Å². The molecule has 0 aliphatic carbocycles. The average molecular weight is 698 g/mol. The van der Waals surface area contributed by atoms with Crippen molar-refractivity contribution in [1.29, 1.82) is 0 Å². The summed E-state index contributed by atoms with van der Waals surface area (Å²) in [5.74, 6) is -1.73. The zero-order chi connectivity index (χ0) is 32.8. The van der Waals surface area contributed by atoms with Crippen LogP contribution in [-0.4, -0.2) is 81.5 Å². The minimum Gasteiger partial charge on any atom is -0.480 e. The lowest BCUT2D eigenvalue weighted by Crippen LogP contribution is -2.44. The lowest BCUT2D eigenvalue weighted by atomic mass is 10.2. The largest absolute Gasteiger partial charge is 0.480 e. The number of nitrogens with one attached hydrogen (secondary N) is 1. The topological polar surface area (TPSA) is 157 Å². The Kier molecular flexibility index (Phi) is 13.0. The molecule has 2 rings (SSSR count). The van der Waals surface area contributed by atoms with E-state index in [1.807, 2.05) is 0 Å². The van der Waals surface area contributed by atoms with E-state index in [4.69, 9.17) is 37.4 Å². The van der Waals surface area contributed by atoms with Crippen molar-refractivity contribution in [1.82, 2.24) is 15.3 Å². The van der Waals surface area contributed by atoms with Gasteiger partial charge in [0.1, 0.15) is 28.3 Å². The molecule has 1 aromatic carbocycles. The number of aromatic nitrogens is 2. The maximum absolute atomic E-state index is 13.9. The number of nitrogens with zero attached hydrogens (tertiary/aromatic N) is 3. The van der Waals surface area contributed by atoms with Gasteiger partial charge in [0, 0.05) is 20.4 Å². The molecule has 0 aliphatic heterocycles. The Bertz CT molecular complexity index is 1420. The van der Waals surface area contributed by atoms with Crippen molar-refractivity contribution < 1.29 is 37.3 Å². The summed E-state index contributed by atoms with van der Waals surface area (Å²) in [6.45, 7) is 13.0. The van der Waals surface area contributed by atoms with Crippen molar-refractivity contribution in [2.24, 2.45) is 0 Å². The van der Waals surface area contributed by atoms with Crippen molar-refractivity contribution in [2.45, 2.75) is 74.9 Å². The SMILES string of the molecule is COc1nc(SC[C@H](NC(=O)OC(C)(C)C)C(=O)O)c(C)nc1N(COCC[Si](C)(C)C)S(=O)(=O)c1cccc(Cl)c1Cl. The van der Waals surface area contributed by atoms with Gasteiger partial charge in [0.15, 0.2) is 0 Å². The number of anilines is 1. The molecule has 43 heavy (non-hydrogen) atoms. The van der Waals surface area contributed by atoms with E-state index >= 15 is 0 Å². The fourth-order valence-corrected chi connectivity index (χ4v) is 7.02. The molecule has 0 spiro atoms. The van der Waals surface area contributed by atoms with Gasteiger partial charge in [-0.25, -0.2) is 32.3 Å². The molecule has 0 unspecified atom stereocenters. The van der Waals surface area contributed by atoms with Crippen molar-refractivity contribution in [3.8, 4) is 5.88 Å². The molecule has 1 heterocycles. The Morgan fingerprint density at radius 1 is 1.19 bits per heavy atom. The standard InChI is InChI=1S/C26H38Cl2N4O8S2Si/c1-16-23(41-14-18(24(33)34)30-25(35)40-26(2,3)4)31-22(38-5)21(29-16)32(15-39-12-13-43(6,7)8)42(36,37)19-11-9-10-17(27)20(19)28/h9-11,18H,12-15H2,1-8H3,(H,30,35)(H,33,34)/t18-/m0/s1. The minimum absolute atomic E-state index is 0.0521. The van der Waals surface area contributed by atoms with Crippen molar-refractivity contribution in [2.75, 3.05) is 30.5 Å².